The topological polar surface area (TPSA) is 95.9 Å². The van der Waals surface area contributed by atoms with E-state index in [-0.39, 0.29) is 22.6 Å². The third-order valence-electron chi connectivity index (χ3n) is 4.44. The molecule has 0 aromatic heterocycles. The number of benzene rings is 2. The molecule has 2 aromatic carbocycles. The van der Waals surface area contributed by atoms with Gasteiger partial charge in [0.05, 0.1) is 12.8 Å². The Morgan fingerprint density at radius 2 is 1.82 bits per heavy atom. The van der Waals surface area contributed by atoms with Gasteiger partial charge in [-0.3, -0.25) is 14.9 Å². The molecule has 3 rings (SSSR count). The highest BCUT2D eigenvalue weighted by Gasteiger charge is 2.37. The number of carbonyl (C=O) groups is 3. The molecule has 1 heterocycles. The number of amides is 4. The second-order valence-corrected chi connectivity index (χ2v) is 7.19. The van der Waals surface area contributed by atoms with Gasteiger partial charge < -0.3 is 9.84 Å². The fourth-order valence-corrected chi connectivity index (χ4v) is 3.23. The summed E-state index contributed by atoms with van der Waals surface area (Å²) < 4.78 is 5.67. The average molecular weight is 445 g/mol. The first-order valence-electron chi connectivity index (χ1n) is 8.28. The van der Waals surface area contributed by atoms with Crippen LogP contribution in [0.3, 0.4) is 0 Å². The van der Waals surface area contributed by atoms with E-state index in [1.807, 2.05) is 13.8 Å². The molecular weight excluding hydrogens is 428 g/mol. The zero-order valence-electron chi connectivity index (χ0n) is 15.4. The molecule has 28 heavy (non-hydrogen) atoms. The quantitative estimate of drug-likeness (QED) is 0.558. The van der Waals surface area contributed by atoms with Crippen LogP contribution in [0.25, 0.3) is 6.08 Å². The minimum atomic E-state index is -0.839. The lowest BCUT2D eigenvalue weighted by molar-refractivity contribution is -0.122. The molecule has 0 atom stereocenters. The molecule has 4 amide bonds. The second kappa shape index (κ2) is 7.47. The van der Waals surface area contributed by atoms with Crippen LogP contribution in [0.4, 0.5) is 10.5 Å². The van der Waals surface area contributed by atoms with Gasteiger partial charge in [0.15, 0.2) is 11.5 Å². The van der Waals surface area contributed by atoms with Crippen molar-refractivity contribution in [1.82, 2.24) is 5.32 Å². The molecule has 7 nitrogen and oxygen atoms in total. The number of ether oxygens (including phenoxy) is 1. The highest BCUT2D eigenvalue weighted by atomic mass is 79.9. The summed E-state index contributed by atoms with van der Waals surface area (Å²) in [5.41, 5.74) is 2.16. The molecule has 0 aliphatic carbocycles. The number of urea groups is 1. The molecule has 2 N–H and O–H groups in total. The lowest BCUT2D eigenvalue weighted by Crippen LogP contribution is -2.54. The standard InChI is InChI=1S/C20H17BrN2O5/c1-10-4-5-14(6-11(10)2)23-19(26)15(18(25)22-20(23)27)8-12-7-13(21)9-16(28-3)17(12)24/h4-9,24H,1-3H3,(H,22,25,27)/b15-8+. The fraction of sp³-hybridized carbons (Fsp3) is 0.150. The number of methoxy groups -OCH3 is 1. The number of aromatic hydroxyl groups is 1. The van der Waals surface area contributed by atoms with E-state index in [0.29, 0.717) is 10.2 Å². The lowest BCUT2D eigenvalue weighted by atomic mass is 10.0. The van der Waals surface area contributed by atoms with Crippen LogP contribution in [0.15, 0.2) is 40.4 Å². The Morgan fingerprint density at radius 3 is 2.46 bits per heavy atom. The molecule has 0 spiro atoms. The van der Waals surface area contributed by atoms with E-state index in [4.69, 9.17) is 4.74 Å². The number of halogens is 1. The molecule has 1 aliphatic rings. The average Bonchev–Trinajstić information content (AvgIpc) is 2.63. The van der Waals surface area contributed by atoms with Crippen LogP contribution in [-0.2, 0) is 9.59 Å². The largest absolute Gasteiger partial charge is 0.504 e. The molecule has 0 unspecified atom stereocenters. The molecule has 8 heteroatoms. The van der Waals surface area contributed by atoms with Gasteiger partial charge in [-0.15, -0.1) is 0 Å². The van der Waals surface area contributed by atoms with Crippen molar-refractivity contribution in [2.24, 2.45) is 0 Å². The molecule has 0 radical (unpaired) electrons. The number of carbonyl (C=O) groups excluding carboxylic acids is 3. The lowest BCUT2D eigenvalue weighted by Gasteiger charge is -2.27. The van der Waals surface area contributed by atoms with Gasteiger partial charge in [0, 0.05) is 10.0 Å². The number of hydrogen-bond donors (Lipinski definition) is 2. The predicted molar refractivity (Wildman–Crippen MR) is 107 cm³/mol. The van der Waals surface area contributed by atoms with Crippen LogP contribution in [0.1, 0.15) is 16.7 Å². The Bertz CT molecular complexity index is 1050. The summed E-state index contributed by atoms with van der Waals surface area (Å²) in [4.78, 5) is 38.4. The molecular formula is C20H17BrN2O5. The first-order valence-corrected chi connectivity index (χ1v) is 9.07. The summed E-state index contributed by atoms with van der Waals surface area (Å²) in [6.45, 7) is 3.77. The van der Waals surface area contributed by atoms with Gasteiger partial charge in [0.25, 0.3) is 11.8 Å². The minimum absolute atomic E-state index is 0.173. The van der Waals surface area contributed by atoms with Crippen LogP contribution in [0, 0.1) is 13.8 Å². The van der Waals surface area contributed by atoms with Crippen molar-refractivity contribution in [1.29, 1.82) is 0 Å². The first kappa shape index (κ1) is 19.6. The number of nitrogens with zero attached hydrogens (tertiary/aromatic N) is 1. The van der Waals surface area contributed by atoms with Crippen LogP contribution in [0.5, 0.6) is 11.5 Å². The molecule has 144 valence electrons. The third-order valence-corrected chi connectivity index (χ3v) is 4.90. The molecule has 0 bridgehead atoms. The van der Waals surface area contributed by atoms with Gasteiger partial charge >= 0.3 is 6.03 Å². The van der Waals surface area contributed by atoms with E-state index in [2.05, 4.69) is 21.2 Å². The molecule has 1 saturated heterocycles. The van der Waals surface area contributed by atoms with Crippen molar-refractivity contribution in [3.63, 3.8) is 0 Å². The second-order valence-electron chi connectivity index (χ2n) is 6.27. The van der Waals surface area contributed by atoms with Crippen LogP contribution < -0.4 is 15.0 Å². The molecule has 2 aromatic rings. The van der Waals surface area contributed by atoms with Crippen molar-refractivity contribution in [2.75, 3.05) is 12.0 Å². The summed E-state index contributed by atoms with van der Waals surface area (Å²) in [6.07, 6.45) is 1.22. The third kappa shape index (κ3) is 3.50. The fourth-order valence-electron chi connectivity index (χ4n) is 2.77. The van der Waals surface area contributed by atoms with E-state index in [1.54, 1.807) is 24.3 Å². The monoisotopic (exact) mass is 444 g/mol. The number of nitrogens with one attached hydrogen (secondary N) is 1. The van der Waals surface area contributed by atoms with E-state index < -0.39 is 17.8 Å². The highest BCUT2D eigenvalue weighted by molar-refractivity contribution is 9.10. The predicted octanol–water partition coefficient (Wildman–Crippen LogP) is 3.45. The van der Waals surface area contributed by atoms with Crippen LogP contribution >= 0.6 is 15.9 Å². The number of phenols is 1. The Balaban J connectivity index is 2.09. The van der Waals surface area contributed by atoms with Crippen LogP contribution in [-0.4, -0.2) is 30.1 Å². The van der Waals surface area contributed by atoms with Gasteiger partial charge in [-0.2, -0.15) is 0 Å². The van der Waals surface area contributed by atoms with Gasteiger partial charge in [0.2, 0.25) is 0 Å². The molecule has 1 aliphatic heterocycles. The maximum absolute atomic E-state index is 12.9. The SMILES string of the molecule is COc1cc(Br)cc(/C=C2\C(=O)NC(=O)N(c3ccc(C)c(C)c3)C2=O)c1O. The number of anilines is 1. The van der Waals surface area contributed by atoms with Crippen molar-refractivity contribution in [3.05, 3.63) is 57.1 Å². The number of rotatable bonds is 3. The maximum atomic E-state index is 12.9. The van der Waals surface area contributed by atoms with Crippen molar-refractivity contribution in [2.45, 2.75) is 13.8 Å². The van der Waals surface area contributed by atoms with Gasteiger partial charge in [-0.25, -0.2) is 9.69 Å². The van der Waals surface area contributed by atoms with Crippen molar-refractivity contribution >= 4 is 45.5 Å². The Morgan fingerprint density at radius 1 is 1.11 bits per heavy atom. The van der Waals surface area contributed by atoms with Crippen LogP contribution in [0.2, 0.25) is 0 Å². The number of hydrogen-bond acceptors (Lipinski definition) is 5. The molecule has 0 saturated carbocycles. The van der Waals surface area contributed by atoms with E-state index in [1.165, 1.54) is 19.3 Å². The summed E-state index contributed by atoms with van der Waals surface area (Å²) in [7, 11) is 1.39. The highest BCUT2D eigenvalue weighted by Crippen LogP contribution is 2.35. The minimum Gasteiger partial charge on any atom is -0.504 e. The Hall–Kier alpha value is -3.13. The summed E-state index contributed by atoms with van der Waals surface area (Å²) in [5, 5.41) is 12.5. The first-order chi connectivity index (χ1) is 13.2. The van der Waals surface area contributed by atoms with Gasteiger partial charge in [-0.1, -0.05) is 22.0 Å². The van der Waals surface area contributed by atoms with E-state index >= 15 is 0 Å². The number of barbiturate groups is 1. The zero-order chi connectivity index (χ0) is 20.6. The summed E-state index contributed by atoms with van der Waals surface area (Å²) >= 11 is 3.29. The van der Waals surface area contributed by atoms with E-state index in [9.17, 15) is 19.5 Å². The van der Waals surface area contributed by atoms with Crippen molar-refractivity contribution < 1.29 is 24.2 Å². The van der Waals surface area contributed by atoms with Gasteiger partial charge in [0.1, 0.15) is 5.57 Å². The number of aryl methyl sites for hydroxylation is 2. The van der Waals surface area contributed by atoms with E-state index in [0.717, 1.165) is 16.0 Å². The van der Waals surface area contributed by atoms with Crippen molar-refractivity contribution in [3.8, 4) is 11.5 Å². The zero-order valence-corrected chi connectivity index (χ0v) is 17.0. The number of phenolic OH excluding ortho intramolecular Hbond substituents is 1. The maximum Gasteiger partial charge on any atom is 0.335 e. The van der Waals surface area contributed by atoms with Gasteiger partial charge in [-0.05, 0) is 55.3 Å². The molecule has 1 fully saturated rings. The Kier molecular flexibility index (Phi) is 5.24. The Labute approximate surface area is 169 Å². The summed E-state index contributed by atoms with van der Waals surface area (Å²) in [6, 6.07) is 7.36. The number of imide groups is 2. The summed E-state index contributed by atoms with van der Waals surface area (Å²) in [5.74, 6) is -1.68. The smallest absolute Gasteiger partial charge is 0.335 e. The normalized spacial score (nSPS) is 15.8.